The molecule has 2 aromatic rings. The van der Waals surface area contributed by atoms with Crippen molar-refractivity contribution in [1.82, 2.24) is 15.0 Å². The highest BCUT2D eigenvalue weighted by Gasteiger charge is 2.43. The third kappa shape index (κ3) is 4.13. The van der Waals surface area contributed by atoms with Gasteiger partial charge >= 0.3 is 0 Å². The number of anilines is 2. The molecule has 0 bridgehead atoms. The number of aromatic nitrogens is 3. The number of hydrogen-bond acceptors (Lipinski definition) is 7. The predicted molar refractivity (Wildman–Crippen MR) is 122 cm³/mol. The van der Waals surface area contributed by atoms with Crippen LogP contribution in [0.1, 0.15) is 57.4 Å². The molecule has 9 heteroatoms. The fourth-order valence-corrected chi connectivity index (χ4v) is 5.40. The molecule has 0 aliphatic carbocycles. The first-order valence-electron chi connectivity index (χ1n) is 10.4. The van der Waals surface area contributed by atoms with Crippen LogP contribution in [0.2, 0.25) is 10.2 Å². The van der Waals surface area contributed by atoms with E-state index in [4.69, 9.17) is 26.5 Å². The van der Waals surface area contributed by atoms with Gasteiger partial charge < -0.3 is 19.8 Å². The lowest BCUT2D eigenvalue weighted by molar-refractivity contribution is 0.0828. The number of fused-ring (bicyclic) bond motifs is 2. The Balaban J connectivity index is 1.67. The third-order valence-electron chi connectivity index (χ3n) is 5.72. The Labute approximate surface area is 185 Å². The molecular weight excluding hydrogens is 418 g/mol. The second kappa shape index (κ2) is 7.66. The van der Waals surface area contributed by atoms with E-state index in [-0.39, 0.29) is 22.5 Å². The number of rotatable bonds is 5. The van der Waals surface area contributed by atoms with Crippen LogP contribution in [-0.4, -0.2) is 43.5 Å². The number of halogens is 1. The van der Waals surface area contributed by atoms with E-state index in [1.807, 2.05) is 6.07 Å². The van der Waals surface area contributed by atoms with Crippen LogP contribution in [0.3, 0.4) is 0 Å². The largest absolute Gasteiger partial charge is 0.493 e. The predicted octanol–water partition coefficient (Wildman–Crippen LogP) is 3.24. The first kappa shape index (κ1) is 21.3. The molecule has 162 valence electrons. The van der Waals surface area contributed by atoms with Crippen LogP contribution in [0.5, 0.6) is 5.75 Å². The number of ether oxygens (including phenoxy) is 1. The summed E-state index contributed by atoms with van der Waals surface area (Å²) in [5, 5.41) is 0.614. The molecule has 1 unspecified atom stereocenters. The second-order valence-electron chi connectivity index (χ2n) is 9.83. The van der Waals surface area contributed by atoms with E-state index in [2.05, 4.69) is 54.5 Å². The lowest BCUT2D eigenvalue weighted by atomic mass is 9.87. The van der Waals surface area contributed by atoms with Gasteiger partial charge in [0.15, 0.2) is 9.76 Å². The minimum absolute atomic E-state index is 0.0449. The molecule has 0 amide bonds. The van der Waals surface area contributed by atoms with E-state index in [1.54, 1.807) is 6.20 Å². The molecule has 4 rings (SSSR count). The lowest BCUT2D eigenvalue weighted by Gasteiger charge is -2.35. The maximum atomic E-state index is 6.59. The third-order valence-corrected chi connectivity index (χ3v) is 7.76. The Hall–Kier alpha value is -1.90. The minimum atomic E-state index is -0.746. The SMILES string of the molecule is CC(C)(C)[SiH2]OC(C)(C)C1CN(Cc2nccc3c2CCO3)c2nc(N)nc(Cl)c21. The van der Waals surface area contributed by atoms with Gasteiger partial charge in [0.1, 0.15) is 16.7 Å². The van der Waals surface area contributed by atoms with Crippen LogP contribution >= 0.6 is 11.6 Å². The Morgan fingerprint density at radius 1 is 1.30 bits per heavy atom. The van der Waals surface area contributed by atoms with Crippen molar-refractivity contribution in [3.8, 4) is 5.75 Å². The number of hydrogen-bond donors (Lipinski definition) is 1. The zero-order chi connectivity index (χ0) is 21.7. The van der Waals surface area contributed by atoms with Gasteiger partial charge in [-0.1, -0.05) is 32.4 Å². The topological polar surface area (TPSA) is 86.4 Å². The Morgan fingerprint density at radius 2 is 2.07 bits per heavy atom. The first-order valence-corrected chi connectivity index (χ1v) is 12.0. The van der Waals surface area contributed by atoms with E-state index in [0.29, 0.717) is 18.3 Å². The smallest absolute Gasteiger partial charge is 0.223 e. The van der Waals surface area contributed by atoms with Gasteiger partial charge in [0.2, 0.25) is 5.95 Å². The van der Waals surface area contributed by atoms with Gasteiger partial charge in [-0.3, -0.25) is 4.98 Å². The molecule has 2 aliphatic heterocycles. The van der Waals surface area contributed by atoms with Crippen LogP contribution < -0.4 is 15.4 Å². The van der Waals surface area contributed by atoms with Gasteiger partial charge in [-0.25, -0.2) is 4.98 Å². The maximum absolute atomic E-state index is 6.59. The fourth-order valence-electron chi connectivity index (χ4n) is 4.09. The summed E-state index contributed by atoms with van der Waals surface area (Å²) in [7, 11) is -0.746. The monoisotopic (exact) mass is 447 g/mol. The maximum Gasteiger partial charge on any atom is 0.223 e. The standard InChI is InChI=1S/C21H30ClN5O2Si/c1-20(2,3)30-29-21(4,5)13-10-27(18-16(13)17(22)25-19(23)26-18)11-14-12-7-9-28-15(12)6-8-24-14/h6,8,13H,7,9-11,30H2,1-5H3,(H2,23,25,26). The molecule has 2 aromatic heterocycles. The van der Waals surface area contributed by atoms with E-state index >= 15 is 0 Å². The number of nitrogens with two attached hydrogens (primary N) is 1. The van der Waals surface area contributed by atoms with Gasteiger partial charge in [0, 0.05) is 36.2 Å². The summed E-state index contributed by atoms with van der Waals surface area (Å²) in [6.45, 7) is 13.0. The molecule has 0 saturated heterocycles. The summed E-state index contributed by atoms with van der Waals surface area (Å²) in [4.78, 5) is 15.6. The molecule has 0 saturated carbocycles. The molecule has 1 atom stereocenters. The highest BCUT2D eigenvalue weighted by Crippen LogP contribution is 2.46. The van der Waals surface area contributed by atoms with E-state index in [9.17, 15) is 0 Å². The molecule has 7 nitrogen and oxygen atoms in total. The van der Waals surface area contributed by atoms with Crippen molar-refractivity contribution in [1.29, 1.82) is 0 Å². The van der Waals surface area contributed by atoms with Crippen LogP contribution in [0.25, 0.3) is 0 Å². The zero-order valence-corrected chi connectivity index (χ0v) is 20.5. The van der Waals surface area contributed by atoms with Crippen molar-refractivity contribution in [2.75, 3.05) is 23.8 Å². The molecule has 2 N–H and O–H groups in total. The average molecular weight is 448 g/mol. The van der Waals surface area contributed by atoms with Gasteiger partial charge in [0.25, 0.3) is 0 Å². The minimum Gasteiger partial charge on any atom is -0.493 e. The Kier molecular flexibility index (Phi) is 5.44. The van der Waals surface area contributed by atoms with Crippen molar-refractivity contribution in [2.24, 2.45) is 0 Å². The van der Waals surface area contributed by atoms with Gasteiger partial charge in [-0.05, 0) is 25.0 Å². The normalized spacial score (nSPS) is 18.7. The van der Waals surface area contributed by atoms with Crippen LogP contribution in [0.15, 0.2) is 12.3 Å². The average Bonchev–Trinajstić information content (AvgIpc) is 3.26. The molecule has 0 fully saturated rings. The van der Waals surface area contributed by atoms with Crippen molar-refractivity contribution in [3.05, 3.63) is 34.2 Å². The fraction of sp³-hybridized carbons (Fsp3) is 0.571. The summed E-state index contributed by atoms with van der Waals surface area (Å²) in [6.07, 6.45) is 2.68. The highest BCUT2D eigenvalue weighted by molar-refractivity contribution is 6.32. The summed E-state index contributed by atoms with van der Waals surface area (Å²) in [5.41, 5.74) is 8.67. The first-order chi connectivity index (χ1) is 14.0. The van der Waals surface area contributed by atoms with Crippen molar-refractivity contribution < 1.29 is 9.16 Å². The summed E-state index contributed by atoms with van der Waals surface area (Å²) >= 11 is 6.59. The van der Waals surface area contributed by atoms with Crippen LogP contribution in [0.4, 0.5) is 11.8 Å². The van der Waals surface area contributed by atoms with Gasteiger partial charge in [-0.2, -0.15) is 4.98 Å². The van der Waals surface area contributed by atoms with Crippen LogP contribution in [-0.2, 0) is 17.4 Å². The highest BCUT2D eigenvalue weighted by atomic mass is 35.5. The molecule has 30 heavy (non-hydrogen) atoms. The molecule has 0 spiro atoms. The van der Waals surface area contributed by atoms with E-state index in [1.165, 1.54) is 5.56 Å². The second-order valence-corrected chi connectivity index (χ2v) is 12.9. The molecule has 2 aliphatic rings. The number of nitrogens with zero attached hydrogens (tertiary/aromatic N) is 4. The van der Waals surface area contributed by atoms with E-state index < -0.39 is 9.76 Å². The summed E-state index contributed by atoms with van der Waals surface area (Å²) in [6, 6.07) is 1.93. The quantitative estimate of drug-likeness (QED) is 0.556. The van der Waals surface area contributed by atoms with Crippen molar-refractivity contribution in [2.45, 2.75) is 64.1 Å². The van der Waals surface area contributed by atoms with E-state index in [0.717, 1.165) is 35.8 Å². The molecule has 0 aromatic carbocycles. The van der Waals surface area contributed by atoms with Crippen LogP contribution in [0, 0.1) is 0 Å². The molecule has 0 radical (unpaired) electrons. The van der Waals surface area contributed by atoms with Crippen molar-refractivity contribution >= 4 is 33.1 Å². The Bertz CT molecular complexity index is 963. The number of pyridine rings is 1. The molecular formula is C21H30ClN5O2Si. The summed E-state index contributed by atoms with van der Waals surface area (Å²) < 4.78 is 12.2. The summed E-state index contributed by atoms with van der Waals surface area (Å²) in [5.74, 6) is 1.94. The number of nitrogen functional groups attached to an aromatic ring is 1. The Morgan fingerprint density at radius 3 is 2.80 bits per heavy atom. The zero-order valence-electron chi connectivity index (χ0n) is 18.3. The van der Waals surface area contributed by atoms with Gasteiger partial charge in [0.05, 0.1) is 24.4 Å². The lowest BCUT2D eigenvalue weighted by Crippen LogP contribution is -2.38. The molecule has 4 heterocycles. The van der Waals surface area contributed by atoms with Crippen molar-refractivity contribution in [3.63, 3.8) is 0 Å². The van der Waals surface area contributed by atoms with Gasteiger partial charge in [-0.15, -0.1) is 0 Å².